The zero-order chi connectivity index (χ0) is 22.4. The van der Waals surface area contributed by atoms with Gasteiger partial charge in [0, 0.05) is 32.4 Å². The van der Waals surface area contributed by atoms with Crippen molar-refractivity contribution in [3.63, 3.8) is 0 Å². The average Bonchev–Trinajstić information content (AvgIpc) is 3.10. The average molecular weight is 550 g/mol. The smallest absolute Gasteiger partial charge is 0.282 e. The van der Waals surface area contributed by atoms with Gasteiger partial charge in [-0.2, -0.15) is 0 Å². The van der Waals surface area contributed by atoms with Gasteiger partial charge in [-0.3, -0.25) is 10.1 Å². The van der Waals surface area contributed by atoms with Crippen LogP contribution in [0.1, 0.15) is 29.5 Å². The van der Waals surface area contributed by atoms with E-state index in [1.807, 2.05) is 42.5 Å². The topological polar surface area (TPSA) is 55.2 Å². The summed E-state index contributed by atoms with van der Waals surface area (Å²) in [6, 6.07) is 21.1. The summed E-state index contributed by atoms with van der Waals surface area (Å²) in [4.78, 5) is 11.9. The highest BCUT2D eigenvalue weighted by Gasteiger charge is 2.50. The van der Waals surface area contributed by atoms with E-state index in [0.29, 0.717) is 9.92 Å². The fourth-order valence-electron chi connectivity index (χ4n) is 4.99. The molecule has 0 unspecified atom stereocenters. The van der Waals surface area contributed by atoms with Crippen molar-refractivity contribution in [1.82, 2.24) is 0 Å². The number of nitro groups is 1. The number of hydrogen-bond acceptors (Lipinski definition) is 4. The van der Waals surface area contributed by atoms with Crippen LogP contribution in [-0.2, 0) is 0 Å². The maximum absolute atomic E-state index is 11.5. The van der Waals surface area contributed by atoms with Gasteiger partial charge in [0.25, 0.3) is 5.69 Å². The van der Waals surface area contributed by atoms with E-state index in [1.165, 1.54) is 17.3 Å². The first-order valence-corrected chi connectivity index (χ1v) is 12.8. The molecule has 164 valence electrons. The monoisotopic (exact) mass is 548 g/mol. The molecular weight excluding hydrogens is 531 g/mol. The highest BCUT2D eigenvalue weighted by Crippen LogP contribution is 2.58. The molecule has 0 spiro atoms. The molecule has 5 atom stereocenters. The number of para-hydroxylation sites is 1. The lowest BCUT2D eigenvalue weighted by Crippen LogP contribution is -2.31. The Balaban J connectivity index is 1.55. The minimum absolute atomic E-state index is 0.0319. The van der Waals surface area contributed by atoms with Crippen molar-refractivity contribution in [2.24, 2.45) is 5.92 Å². The Hall–Kier alpha value is -1.73. The van der Waals surface area contributed by atoms with E-state index in [2.05, 4.69) is 33.4 Å². The molecule has 1 aliphatic carbocycles. The molecule has 1 N–H and O–H groups in total. The van der Waals surface area contributed by atoms with Crippen molar-refractivity contribution in [2.45, 2.75) is 33.9 Å². The summed E-state index contributed by atoms with van der Waals surface area (Å²) < 4.78 is 1.05. The number of thioether (sulfide) groups is 1. The minimum Gasteiger partial charge on any atom is -0.378 e. The number of halogens is 3. The highest BCUT2D eigenvalue weighted by atomic mass is 79.9. The molecule has 2 aliphatic rings. The number of anilines is 1. The van der Waals surface area contributed by atoms with Crippen LogP contribution in [0, 0.1) is 16.0 Å². The third-order valence-corrected chi connectivity index (χ3v) is 9.43. The lowest BCUT2D eigenvalue weighted by atomic mass is 9.77. The first kappa shape index (κ1) is 22.1. The number of alkyl halides is 1. The molecule has 0 aromatic heterocycles. The van der Waals surface area contributed by atoms with E-state index in [-0.39, 0.29) is 39.1 Å². The summed E-state index contributed by atoms with van der Waals surface area (Å²) in [6.07, 6.45) is 0.834. The Bertz CT molecular complexity index is 1190. The van der Waals surface area contributed by atoms with Crippen molar-refractivity contribution < 1.29 is 4.92 Å². The van der Waals surface area contributed by atoms with E-state index in [1.54, 1.807) is 12.1 Å². The van der Waals surface area contributed by atoms with Crippen LogP contribution in [0.4, 0.5) is 11.4 Å². The number of benzene rings is 3. The third kappa shape index (κ3) is 3.92. The predicted molar refractivity (Wildman–Crippen MR) is 135 cm³/mol. The molecule has 32 heavy (non-hydrogen) atoms. The van der Waals surface area contributed by atoms with Crippen LogP contribution >= 0.6 is 50.9 Å². The second-order valence-corrected chi connectivity index (χ2v) is 11.2. The number of rotatable bonds is 4. The quantitative estimate of drug-likeness (QED) is 0.203. The van der Waals surface area contributed by atoms with E-state index >= 15 is 0 Å². The molecule has 1 aliphatic heterocycles. The van der Waals surface area contributed by atoms with Crippen LogP contribution in [0.15, 0.2) is 76.1 Å². The first-order valence-electron chi connectivity index (χ1n) is 10.3. The van der Waals surface area contributed by atoms with Gasteiger partial charge in [-0.15, -0.1) is 23.4 Å². The van der Waals surface area contributed by atoms with Crippen molar-refractivity contribution >= 4 is 62.3 Å². The SMILES string of the molecule is O=[N+]([O-])c1ccccc1S[C@H]1C[C@H]2[C@@H](c3cc(Cl)ccc3N[C@@H]2c2ccccc2Br)[C@H]1Cl. The third-order valence-electron chi connectivity index (χ3n) is 6.36. The predicted octanol–water partition coefficient (Wildman–Crippen LogP) is 8.05. The second kappa shape index (κ2) is 8.90. The second-order valence-electron chi connectivity index (χ2n) is 8.13. The van der Waals surface area contributed by atoms with Gasteiger partial charge in [-0.05, 0) is 53.8 Å². The molecule has 0 amide bonds. The van der Waals surface area contributed by atoms with Crippen molar-refractivity contribution in [1.29, 1.82) is 0 Å². The number of nitrogens with one attached hydrogen (secondary N) is 1. The van der Waals surface area contributed by atoms with Gasteiger partial charge < -0.3 is 5.32 Å². The van der Waals surface area contributed by atoms with Crippen LogP contribution in [0.2, 0.25) is 5.02 Å². The van der Waals surface area contributed by atoms with E-state index in [0.717, 1.165) is 22.1 Å². The Morgan fingerprint density at radius 2 is 1.81 bits per heavy atom. The molecular formula is C24H19BrCl2N2O2S. The molecule has 3 aromatic rings. The fourth-order valence-corrected chi connectivity index (χ4v) is 7.65. The van der Waals surface area contributed by atoms with Crippen LogP contribution in [0.3, 0.4) is 0 Å². The fraction of sp³-hybridized carbons (Fsp3) is 0.250. The first-order chi connectivity index (χ1) is 15.4. The molecule has 4 nitrogen and oxygen atoms in total. The van der Waals surface area contributed by atoms with Crippen LogP contribution in [-0.4, -0.2) is 15.6 Å². The van der Waals surface area contributed by atoms with Gasteiger partial charge in [-0.25, -0.2) is 0 Å². The van der Waals surface area contributed by atoms with Gasteiger partial charge >= 0.3 is 0 Å². The summed E-state index contributed by atoms with van der Waals surface area (Å²) in [5, 5.41) is 15.8. The summed E-state index contributed by atoms with van der Waals surface area (Å²) in [5.41, 5.74) is 3.47. The minimum atomic E-state index is -0.325. The standard InChI is InChI=1S/C24H19BrCl2N2O2S/c25-17-6-2-1-5-14(17)24-16-12-21(32-20-8-4-3-7-19(20)29(30)31)23(27)22(16)15-11-13(26)9-10-18(15)28-24/h1-11,16,21-24,28H,12H2/t16-,21-,22+,23-,24+/m0/s1. The van der Waals surface area contributed by atoms with Crippen molar-refractivity contribution in [3.8, 4) is 0 Å². The zero-order valence-corrected chi connectivity index (χ0v) is 20.7. The largest absolute Gasteiger partial charge is 0.378 e. The Morgan fingerprint density at radius 3 is 2.59 bits per heavy atom. The summed E-state index contributed by atoms with van der Waals surface area (Å²) >= 11 is 18.7. The van der Waals surface area contributed by atoms with Crippen LogP contribution in [0.5, 0.6) is 0 Å². The van der Waals surface area contributed by atoms with E-state index in [9.17, 15) is 10.1 Å². The Labute approximate surface area is 209 Å². The van der Waals surface area contributed by atoms with Crippen molar-refractivity contribution in [2.75, 3.05) is 5.32 Å². The lowest BCUT2D eigenvalue weighted by molar-refractivity contribution is -0.387. The van der Waals surface area contributed by atoms with Gasteiger partial charge in [0.05, 0.1) is 21.2 Å². The number of fused-ring (bicyclic) bond motifs is 3. The zero-order valence-electron chi connectivity index (χ0n) is 16.8. The van der Waals surface area contributed by atoms with Gasteiger partial charge in [0.15, 0.2) is 0 Å². The Kier molecular flexibility index (Phi) is 6.14. The van der Waals surface area contributed by atoms with Crippen LogP contribution < -0.4 is 5.32 Å². The van der Waals surface area contributed by atoms with Gasteiger partial charge in [0.2, 0.25) is 0 Å². The molecule has 3 aromatic carbocycles. The normalized spacial score (nSPS) is 26.2. The molecule has 1 saturated carbocycles. The Morgan fingerprint density at radius 1 is 1.06 bits per heavy atom. The maximum Gasteiger partial charge on any atom is 0.282 e. The molecule has 0 saturated heterocycles. The van der Waals surface area contributed by atoms with E-state index < -0.39 is 0 Å². The molecule has 1 fully saturated rings. The summed E-state index contributed by atoms with van der Waals surface area (Å²) in [7, 11) is 0. The molecule has 0 bridgehead atoms. The number of nitrogens with zero attached hydrogens (tertiary/aromatic N) is 1. The highest BCUT2D eigenvalue weighted by molar-refractivity contribution is 9.10. The van der Waals surface area contributed by atoms with Gasteiger partial charge in [-0.1, -0.05) is 57.9 Å². The van der Waals surface area contributed by atoms with Gasteiger partial charge in [0.1, 0.15) is 0 Å². The molecule has 1 heterocycles. The number of nitro benzene ring substituents is 1. The molecule has 5 rings (SSSR count). The number of hydrogen-bond donors (Lipinski definition) is 1. The van der Waals surface area contributed by atoms with Crippen LogP contribution in [0.25, 0.3) is 0 Å². The summed E-state index contributed by atoms with van der Waals surface area (Å²) in [5.74, 6) is 0.312. The van der Waals surface area contributed by atoms with Crippen molar-refractivity contribution in [3.05, 3.63) is 97.5 Å². The summed E-state index contributed by atoms with van der Waals surface area (Å²) in [6.45, 7) is 0. The molecule has 0 radical (unpaired) electrons. The molecule has 8 heteroatoms. The maximum atomic E-state index is 11.5. The van der Waals surface area contributed by atoms with E-state index in [4.69, 9.17) is 23.2 Å². The lowest BCUT2D eigenvalue weighted by Gasteiger charge is -2.38.